The van der Waals surface area contributed by atoms with Crippen molar-refractivity contribution in [1.29, 1.82) is 0 Å². The van der Waals surface area contributed by atoms with Crippen LogP contribution in [0.3, 0.4) is 0 Å². The first-order valence-corrected chi connectivity index (χ1v) is 8.23. The molecule has 0 bridgehead atoms. The zero-order chi connectivity index (χ0) is 17.8. The summed E-state index contributed by atoms with van der Waals surface area (Å²) in [5.74, 6) is 0. The summed E-state index contributed by atoms with van der Waals surface area (Å²) in [5, 5.41) is 7.69. The molecule has 25 heavy (non-hydrogen) atoms. The van der Waals surface area contributed by atoms with E-state index in [1.165, 1.54) is 0 Å². The number of hydrazone groups is 1. The molecule has 7 heteroatoms. The van der Waals surface area contributed by atoms with Crippen LogP contribution in [0, 0.1) is 0 Å². The van der Waals surface area contributed by atoms with Gasteiger partial charge in [-0.05, 0) is 35.5 Å². The second-order valence-electron chi connectivity index (χ2n) is 5.69. The zero-order valence-corrected chi connectivity index (χ0v) is 14.9. The van der Waals surface area contributed by atoms with Crippen molar-refractivity contribution < 1.29 is 0 Å². The molecule has 0 atom stereocenters. The van der Waals surface area contributed by atoms with Gasteiger partial charge in [0.05, 0.1) is 17.2 Å². The van der Waals surface area contributed by atoms with Crippen LogP contribution in [0.15, 0.2) is 58.4 Å². The van der Waals surface area contributed by atoms with Crippen molar-refractivity contribution in [3.63, 3.8) is 0 Å². The molecule has 0 aliphatic heterocycles. The number of fused-ring (bicyclic) bond motifs is 1. The summed E-state index contributed by atoms with van der Waals surface area (Å²) in [4.78, 5) is 11.9. The SMILES string of the molecule is Cn1c(=O)n(C)c2cc(/C=N/NC(=S)NCc3ccccc3)ccc21. The second-order valence-corrected chi connectivity index (χ2v) is 6.10. The summed E-state index contributed by atoms with van der Waals surface area (Å²) in [5.41, 5.74) is 6.52. The lowest BCUT2D eigenvalue weighted by molar-refractivity contribution is 0.795. The molecule has 0 amide bonds. The van der Waals surface area contributed by atoms with E-state index in [1.54, 1.807) is 29.4 Å². The minimum Gasteiger partial charge on any atom is -0.357 e. The number of thiocarbonyl (C=S) groups is 1. The van der Waals surface area contributed by atoms with Crippen LogP contribution in [-0.2, 0) is 20.6 Å². The van der Waals surface area contributed by atoms with Gasteiger partial charge in [-0.15, -0.1) is 0 Å². The van der Waals surface area contributed by atoms with Gasteiger partial charge in [0.25, 0.3) is 0 Å². The van der Waals surface area contributed by atoms with Gasteiger partial charge >= 0.3 is 5.69 Å². The van der Waals surface area contributed by atoms with Crippen molar-refractivity contribution in [1.82, 2.24) is 19.9 Å². The van der Waals surface area contributed by atoms with Crippen LogP contribution in [-0.4, -0.2) is 20.5 Å². The molecule has 0 radical (unpaired) electrons. The van der Waals surface area contributed by atoms with Crippen LogP contribution in [0.1, 0.15) is 11.1 Å². The normalized spacial score (nSPS) is 11.1. The smallest absolute Gasteiger partial charge is 0.328 e. The summed E-state index contributed by atoms with van der Waals surface area (Å²) in [7, 11) is 3.52. The summed E-state index contributed by atoms with van der Waals surface area (Å²) >= 11 is 5.20. The van der Waals surface area contributed by atoms with Crippen molar-refractivity contribution in [3.05, 3.63) is 70.1 Å². The van der Waals surface area contributed by atoms with Gasteiger partial charge in [-0.25, -0.2) is 4.79 Å². The second kappa shape index (κ2) is 7.31. The fraction of sp³-hybridized carbons (Fsp3) is 0.167. The van der Waals surface area contributed by atoms with Gasteiger partial charge in [-0.3, -0.25) is 14.6 Å². The number of rotatable bonds is 4. The molecule has 1 aromatic heterocycles. The fourth-order valence-corrected chi connectivity index (χ4v) is 2.71. The van der Waals surface area contributed by atoms with Crippen LogP contribution >= 0.6 is 12.2 Å². The topological polar surface area (TPSA) is 63.4 Å². The van der Waals surface area contributed by atoms with Crippen molar-refractivity contribution in [3.8, 4) is 0 Å². The van der Waals surface area contributed by atoms with E-state index in [-0.39, 0.29) is 5.69 Å². The Morgan fingerprint density at radius 3 is 2.60 bits per heavy atom. The number of nitrogens with zero attached hydrogens (tertiary/aromatic N) is 3. The van der Waals surface area contributed by atoms with Crippen LogP contribution in [0.4, 0.5) is 0 Å². The molecule has 1 heterocycles. The largest absolute Gasteiger partial charge is 0.357 e. The molecule has 0 aliphatic carbocycles. The number of aryl methyl sites for hydroxylation is 2. The molecule has 0 unspecified atom stereocenters. The molecule has 6 nitrogen and oxygen atoms in total. The Bertz CT molecular complexity index is 988. The highest BCUT2D eigenvalue weighted by Crippen LogP contribution is 2.12. The Morgan fingerprint density at radius 1 is 1.12 bits per heavy atom. The Morgan fingerprint density at radius 2 is 1.84 bits per heavy atom. The third kappa shape index (κ3) is 3.77. The molecule has 3 aromatic rings. The fourth-order valence-electron chi connectivity index (χ4n) is 2.59. The molecule has 0 saturated heterocycles. The van der Waals surface area contributed by atoms with Gasteiger partial charge in [0, 0.05) is 20.6 Å². The molecular formula is C18H19N5OS. The van der Waals surface area contributed by atoms with Gasteiger partial charge in [-0.1, -0.05) is 36.4 Å². The molecule has 0 spiro atoms. The van der Waals surface area contributed by atoms with Gasteiger partial charge in [0.2, 0.25) is 0 Å². The molecule has 0 saturated carbocycles. The average Bonchev–Trinajstić information content (AvgIpc) is 2.85. The molecule has 3 rings (SSSR count). The van der Waals surface area contributed by atoms with E-state index in [2.05, 4.69) is 15.8 Å². The zero-order valence-electron chi connectivity index (χ0n) is 14.1. The van der Waals surface area contributed by atoms with E-state index in [9.17, 15) is 4.79 Å². The van der Waals surface area contributed by atoms with E-state index >= 15 is 0 Å². The van der Waals surface area contributed by atoms with Crippen molar-refractivity contribution >= 4 is 34.6 Å². The van der Waals surface area contributed by atoms with Crippen LogP contribution in [0.2, 0.25) is 0 Å². The summed E-state index contributed by atoms with van der Waals surface area (Å²) in [6, 6.07) is 15.7. The Kier molecular flexibility index (Phi) is 4.95. The highest BCUT2D eigenvalue weighted by atomic mass is 32.1. The summed E-state index contributed by atoms with van der Waals surface area (Å²) < 4.78 is 3.24. The number of imidazole rings is 1. The van der Waals surface area contributed by atoms with Gasteiger partial charge in [0.1, 0.15) is 0 Å². The van der Waals surface area contributed by atoms with E-state index < -0.39 is 0 Å². The minimum absolute atomic E-state index is 0.0477. The lowest BCUT2D eigenvalue weighted by atomic mass is 10.2. The maximum atomic E-state index is 11.9. The molecular weight excluding hydrogens is 334 g/mol. The Hall–Kier alpha value is -2.93. The maximum absolute atomic E-state index is 11.9. The number of nitrogens with one attached hydrogen (secondary N) is 2. The maximum Gasteiger partial charge on any atom is 0.328 e. The lowest BCUT2D eigenvalue weighted by Crippen LogP contribution is -2.31. The first kappa shape index (κ1) is 16.9. The number of benzene rings is 2. The third-order valence-corrected chi connectivity index (χ3v) is 4.21. The monoisotopic (exact) mass is 353 g/mol. The standard InChI is InChI=1S/C18H19N5OS/c1-22-15-9-8-14(10-16(15)23(2)18(22)24)12-20-21-17(25)19-11-13-6-4-3-5-7-13/h3-10,12H,11H2,1-2H3,(H2,19,21,25)/b20-12+. The molecule has 0 fully saturated rings. The predicted octanol–water partition coefficient (Wildman–Crippen LogP) is 1.88. The molecule has 2 N–H and O–H groups in total. The van der Waals surface area contributed by atoms with E-state index in [4.69, 9.17) is 12.2 Å². The third-order valence-electron chi connectivity index (χ3n) is 3.97. The minimum atomic E-state index is -0.0477. The van der Waals surface area contributed by atoms with Gasteiger partial charge in [-0.2, -0.15) is 5.10 Å². The predicted molar refractivity (Wildman–Crippen MR) is 105 cm³/mol. The van der Waals surface area contributed by atoms with Crippen molar-refractivity contribution in [2.24, 2.45) is 19.2 Å². The van der Waals surface area contributed by atoms with E-state index in [0.717, 1.165) is 22.2 Å². The van der Waals surface area contributed by atoms with E-state index in [1.807, 2.05) is 48.5 Å². The van der Waals surface area contributed by atoms with E-state index in [0.29, 0.717) is 11.7 Å². The van der Waals surface area contributed by atoms with Crippen LogP contribution < -0.4 is 16.4 Å². The quantitative estimate of drug-likeness (QED) is 0.427. The number of aromatic nitrogens is 2. The van der Waals surface area contributed by atoms with Crippen molar-refractivity contribution in [2.45, 2.75) is 6.54 Å². The molecule has 2 aromatic carbocycles. The van der Waals surface area contributed by atoms with Gasteiger partial charge < -0.3 is 5.32 Å². The average molecular weight is 353 g/mol. The lowest BCUT2D eigenvalue weighted by Gasteiger charge is -2.06. The highest BCUT2D eigenvalue weighted by Gasteiger charge is 2.07. The summed E-state index contributed by atoms with van der Waals surface area (Å²) in [6.45, 7) is 0.639. The first-order valence-electron chi connectivity index (χ1n) is 7.82. The highest BCUT2D eigenvalue weighted by molar-refractivity contribution is 7.80. The Labute approximate surface area is 150 Å². The Balaban J connectivity index is 1.62. The van der Waals surface area contributed by atoms with Gasteiger partial charge in [0.15, 0.2) is 5.11 Å². The van der Waals surface area contributed by atoms with Crippen LogP contribution in [0.5, 0.6) is 0 Å². The molecule has 128 valence electrons. The van der Waals surface area contributed by atoms with Crippen molar-refractivity contribution in [2.75, 3.05) is 0 Å². The summed E-state index contributed by atoms with van der Waals surface area (Å²) in [6.07, 6.45) is 1.67. The number of hydrogen-bond donors (Lipinski definition) is 2. The number of hydrogen-bond acceptors (Lipinski definition) is 3. The molecule has 0 aliphatic rings. The van der Waals surface area contributed by atoms with Crippen LogP contribution in [0.25, 0.3) is 11.0 Å². The first-order chi connectivity index (χ1) is 12.1.